The number of aryl methyl sites for hydroxylation is 1. The third kappa shape index (κ3) is 3.34. The number of hydrogen-bond donors (Lipinski definition) is 1. The van der Waals surface area contributed by atoms with Gasteiger partial charge in [-0.05, 0) is 24.6 Å². The van der Waals surface area contributed by atoms with Gasteiger partial charge in [0.2, 0.25) is 10.0 Å². The quantitative estimate of drug-likeness (QED) is 0.805. The van der Waals surface area contributed by atoms with Gasteiger partial charge in [0, 0.05) is 0 Å². The molecule has 0 unspecified atom stereocenters. The fourth-order valence-electron chi connectivity index (χ4n) is 1.57. The summed E-state index contributed by atoms with van der Waals surface area (Å²) in [6, 6.07) is 4.82. The molecule has 0 aromatic heterocycles. The van der Waals surface area contributed by atoms with Crippen molar-refractivity contribution in [2.75, 3.05) is 13.1 Å². The van der Waals surface area contributed by atoms with Gasteiger partial charge >= 0.3 is 5.97 Å². The molecule has 0 amide bonds. The molecular weight excluding hydrogens is 301 g/mol. The van der Waals surface area contributed by atoms with E-state index in [0.29, 0.717) is 10.4 Å². The van der Waals surface area contributed by atoms with Gasteiger partial charge in [0.1, 0.15) is 18.9 Å². The predicted octanol–water partition coefficient (Wildman–Crippen LogP) is 0.870. The van der Waals surface area contributed by atoms with Crippen LogP contribution in [-0.4, -0.2) is 36.9 Å². The first-order chi connectivity index (χ1) is 9.75. The maximum Gasteiger partial charge on any atom is 0.338 e. The van der Waals surface area contributed by atoms with Gasteiger partial charge in [-0.3, -0.25) is 0 Å². The first-order valence-electron chi connectivity index (χ1n) is 5.53. The number of sulfonamides is 1. The zero-order chi connectivity index (χ0) is 16.2. The van der Waals surface area contributed by atoms with E-state index >= 15 is 0 Å². The molecule has 0 radical (unpaired) electrons. The molecule has 0 aliphatic heterocycles. The van der Waals surface area contributed by atoms with Crippen LogP contribution in [-0.2, 0) is 10.0 Å². The predicted molar refractivity (Wildman–Crippen MR) is 68.1 cm³/mol. The van der Waals surface area contributed by atoms with Gasteiger partial charge in [0.25, 0.3) is 0 Å². The molecule has 0 aliphatic carbocycles. The smallest absolute Gasteiger partial charge is 0.338 e. The van der Waals surface area contributed by atoms with Crippen molar-refractivity contribution in [3.8, 4) is 12.1 Å². The molecule has 0 fully saturated rings. The van der Waals surface area contributed by atoms with Crippen LogP contribution < -0.4 is 0 Å². The van der Waals surface area contributed by atoms with Crippen LogP contribution >= 0.6 is 0 Å². The summed E-state index contributed by atoms with van der Waals surface area (Å²) < 4.78 is 38.7. The van der Waals surface area contributed by atoms with E-state index in [2.05, 4.69) is 0 Å². The van der Waals surface area contributed by atoms with Gasteiger partial charge in [0.05, 0.1) is 22.6 Å². The summed E-state index contributed by atoms with van der Waals surface area (Å²) in [5.74, 6) is -2.65. The van der Waals surface area contributed by atoms with Crippen LogP contribution in [0.5, 0.6) is 0 Å². The van der Waals surface area contributed by atoms with Gasteiger partial charge in [0.15, 0.2) is 0 Å². The Bertz CT molecular complexity index is 746. The van der Waals surface area contributed by atoms with Gasteiger partial charge in [-0.25, -0.2) is 17.6 Å². The fraction of sp³-hybridized carbons (Fsp3) is 0.250. The van der Waals surface area contributed by atoms with E-state index in [4.69, 9.17) is 15.6 Å². The lowest BCUT2D eigenvalue weighted by atomic mass is 10.1. The number of benzene rings is 1. The Morgan fingerprint density at radius 1 is 1.33 bits per heavy atom. The maximum absolute atomic E-state index is 13.6. The molecule has 7 nitrogen and oxygen atoms in total. The van der Waals surface area contributed by atoms with Crippen molar-refractivity contribution >= 4 is 16.0 Å². The van der Waals surface area contributed by atoms with E-state index in [9.17, 15) is 17.6 Å². The van der Waals surface area contributed by atoms with Crippen LogP contribution in [0, 0.1) is 35.4 Å². The van der Waals surface area contributed by atoms with Crippen LogP contribution in [0.4, 0.5) is 4.39 Å². The van der Waals surface area contributed by atoms with Crippen LogP contribution in [0.3, 0.4) is 0 Å². The third-order valence-corrected chi connectivity index (χ3v) is 4.36. The van der Waals surface area contributed by atoms with E-state index in [-0.39, 0.29) is 5.56 Å². The summed E-state index contributed by atoms with van der Waals surface area (Å²) in [5.41, 5.74) is -0.954. The molecule has 110 valence electrons. The second-order valence-corrected chi connectivity index (χ2v) is 5.93. The molecule has 1 aromatic rings. The number of aromatic carboxylic acids is 1. The maximum atomic E-state index is 13.6. The third-order valence-electron chi connectivity index (χ3n) is 2.59. The van der Waals surface area contributed by atoms with Crippen molar-refractivity contribution in [1.82, 2.24) is 4.31 Å². The summed E-state index contributed by atoms with van der Waals surface area (Å²) in [5, 5.41) is 26.1. The van der Waals surface area contributed by atoms with Gasteiger partial charge in [-0.1, -0.05) is 0 Å². The Labute approximate surface area is 120 Å². The van der Waals surface area contributed by atoms with Gasteiger partial charge in [-0.15, -0.1) is 0 Å². The molecule has 0 bridgehead atoms. The number of carboxylic acids is 1. The summed E-state index contributed by atoms with van der Waals surface area (Å²) in [6.45, 7) is 0.0726. The number of carboxylic acid groups (broad SMARTS) is 1. The number of rotatable bonds is 5. The van der Waals surface area contributed by atoms with Crippen LogP contribution in [0.15, 0.2) is 17.0 Å². The highest BCUT2D eigenvalue weighted by Gasteiger charge is 2.27. The zero-order valence-corrected chi connectivity index (χ0v) is 11.7. The zero-order valence-electron chi connectivity index (χ0n) is 10.9. The monoisotopic (exact) mass is 311 g/mol. The lowest BCUT2D eigenvalue weighted by Gasteiger charge is -2.17. The van der Waals surface area contributed by atoms with Crippen LogP contribution in [0.1, 0.15) is 15.9 Å². The summed E-state index contributed by atoms with van der Waals surface area (Å²) >= 11 is 0. The molecule has 0 heterocycles. The Kier molecular flexibility index (Phi) is 4.97. The molecule has 1 aromatic carbocycles. The minimum Gasteiger partial charge on any atom is -0.478 e. The molecule has 0 saturated heterocycles. The SMILES string of the molecule is Cc1cc(S(=O)(=O)N(CC#N)CC#N)cc(C(=O)O)c1F. The molecule has 0 aliphatic rings. The topological polar surface area (TPSA) is 122 Å². The Balaban J connectivity index is 3.49. The molecule has 9 heteroatoms. The van der Waals surface area contributed by atoms with Crippen molar-refractivity contribution < 1.29 is 22.7 Å². The molecule has 1 N–H and O–H groups in total. The van der Waals surface area contributed by atoms with Crippen molar-refractivity contribution in [1.29, 1.82) is 10.5 Å². The summed E-state index contributed by atoms with van der Waals surface area (Å²) in [4.78, 5) is 10.4. The lowest BCUT2D eigenvalue weighted by molar-refractivity contribution is 0.0691. The number of carbonyl (C=O) groups is 1. The average Bonchev–Trinajstić information content (AvgIpc) is 2.40. The molecule has 0 atom stereocenters. The highest BCUT2D eigenvalue weighted by atomic mass is 32.2. The lowest BCUT2D eigenvalue weighted by Crippen LogP contribution is -2.32. The highest BCUT2D eigenvalue weighted by Crippen LogP contribution is 2.22. The second-order valence-electron chi connectivity index (χ2n) is 4.00. The van der Waals surface area contributed by atoms with Crippen molar-refractivity contribution in [3.05, 3.63) is 29.1 Å². The number of halogens is 1. The minimum atomic E-state index is -4.26. The van der Waals surface area contributed by atoms with E-state index in [1.807, 2.05) is 0 Å². The minimum absolute atomic E-state index is 0.164. The van der Waals surface area contributed by atoms with Crippen molar-refractivity contribution in [2.45, 2.75) is 11.8 Å². The Hall–Kier alpha value is -2.49. The molecular formula is C12H10FN3O4S. The molecule has 0 spiro atoms. The second kappa shape index (κ2) is 6.31. The fourth-order valence-corrected chi connectivity index (χ4v) is 2.92. The number of nitriles is 2. The number of nitrogens with zero attached hydrogens (tertiary/aromatic N) is 3. The Morgan fingerprint density at radius 2 is 1.86 bits per heavy atom. The standard InChI is InChI=1S/C12H10FN3O4S/c1-8-6-9(7-10(11(8)13)12(17)18)21(19,20)16(4-2-14)5-3-15/h6-7H,4-5H2,1H3,(H,17,18). The Morgan fingerprint density at radius 3 is 2.29 bits per heavy atom. The van der Waals surface area contributed by atoms with Crippen LogP contribution in [0.2, 0.25) is 0 Å². The first kappa shape index (κ1) is 16.6. The highest BCUT2D eigenvalue weighted by molar-refractivity contribution is 7.89. The summed E-state index contributed by atoms with van der Waals surface area (Å²) in [6.07, 6.45) is 0. The van der Waals surface area contributed by atoms with Crippen molar-refractivity contribution in [2.24, 2.45) is 0 Å². The molecule has 1 rings (SSSR count). The average molecular weight is 311 g/mol. The van der Waals surface area contributed by atoms with Crippen molar-refractivity contribution in [3.63, 3.8) is 0 Å². The molecule has 21 heavy (non-hydrogen) atoms. The van der Waals surface area contributed by atoms with Gasteiger partial charge < -0.3 is 5.11 Å². The van der Waals surface area contributed by atoms with E-state index in [1.54, 1.807) is 12.1 Å². The largest absolute Gasteiger partial charge is 0.478 e. The van der Waals surface area contributed by atoms with E-state index in [0.717, 1.165) is 6.07 Å². The number of hydrogen-bond acceptors (Lipinski definition) is 5. The molecule has 0 saturated carbocycles. The normalized spacial score (nSPS) is 10.9. The van der Waals surface area contributed by atoms with E-state index < -0.39 is 45.4 Å². The van der Waals surface area contributed by atoms with E-state index in [1.165, 1.54) is 6.92 Å². The first-order valence-corrected chi connectivity index (χ1v) is 6.97. The van der Waals surface area contributed by atoms with Gasteiger partial charge in [-0.2, -0.15) is 14.8 Å². The summed E-state index contributed by atoms with van der Waals surface area (Å²) in [7, 11) is -4.26. The van der Waals surface area contributed by atoms with Crippen LogP contribution in [0.25, 0.3) is 0 Å².